The van der Waals surface area contributed by atoms with Crippen molar-refractivity contribution in [3.63, 3.8) is 0 Å². The number of ketones is 3. The van der Waals surface area contributed by atoms with Crippen LogP contribution in [-0.4, -0.2) is 147 Å². The number of Topliss-reactive ketones (excluding diaryl/α,β-unsaturated/α-hetero) is 3. The summed E-state index contributed by atoms with van der Waals surface area (Å²) in [6.45, 7) is 4.03. The lowest BCUT2D eigenvalue weighted by Gasteiger charge is -2.16. The molecule has 0 fully saturated rings. The summed E-state index contributed by atoms with van der Waals surface area (Å²) in [5.41, 5.74) is 5.42. The molecule has 0 aliphatic carbocycles. The van der Waals surface area contributed by atoms with Gasteiger partial charge in [-0.2, -0.15) is 0 Å². The Morgan fingerprint density at radius 2 is 1.12 bits per heavy atom. The largest absolute Gasteiger partial charge is 0.480 e. The van der Waals surface area contributed by atoms with Crippen LogP contribution in [0.2, 0.25) is 0 Å². The first-order chi connectivity index (χ1) is 24.9. The maximum atomic E-state index is 12.4. The number of carboxylic acid groups (broad SMARTS) is 1. The number of aliphatic hydroxyl groups is 1. The van der Waals surface area contributed by atoms with E-state index < -0.39 is 35.4 Å². The number of carboxylic acids is 1. The van der Waals surface area contributed by atoms with Gasteiger partial charge in [0.1, 0.15) is 22.6 Å². The van der Waals surface area contributed by atoms with Gasteiger partial charge < -0.3 is 50.8 Å². The number of thioether (sulfide) groups is 1. The predicted octanol–water partition coefficient (Wildman–Crippen LogP) is -1.08. The van der Waals surface area contributed by atoms with Crippen LogP contribution in [0.4, 0.5) is 0 Å². The highest BCUT2D eigenvalue weighted by Crippen LogP contribution is 2.21. The number of rotatable bonds is 36. The Kier molecular flexibility index (Phi) is 30.0. The lowest BCUT2D eigenvalue weighted by atomic mass is 10.0. The number of nitrogens with one attached hydrogen (secondary N) is 3. The number of carbonyl (C=O) groups excluding carboxylic acids is 7. The van der Waals surface area contributed by atoms with Crippen LogP contribution in [0.15, 0.2) is 0 Å². The van der Waals surface area contributed by atoms with Crippen molar-refractivity contribution in [1.82, 2.24) is 16.0 Å². The van der Waals surface area contributed by atoms with Gasteiger partial charge >= 0.3 is 5.97 Å². The number of primary amides is 1. The quantitative estimate of drug-likeness (QED) is 0.0414. The number of nitrogens with two attached hydrogens (primary N) is 1. The highest BCUT2D eigenvalue weighted by atomic mass is 32.2. The van der Waals surface area contributed by atoms with E-state index in [0.29, 0.717) is 39.4 Å². The molecule has 0 saturated heterocycles. The van der Waals surface area contributed by atoms with Gasteiger partial charge in [-0.25, -0.2) is 0 Å². The van der Waals surface area contributed by atoms with Crippen LogP contribution in [0.3, 0.4) is 0 Å². The molecule has 52 heavy (non-hydrogen) atoms. The summed E-state index contributed by atoms with van der Waals surface area (Å²) in [7, 11) is 0. The van der Waals surface area contributed by atoms with Crippen molar-refractivity contribution in [3.8, 4) is 0 Å². The number of aliphatic carboxylic acids is 1. The summed E-state index contributed by atoms with van der Waals surface area (Å²) in [4.78, 5) is 94.3. The molecule has 7 N–H and O–H groups in total. The zero-order valence-corrected chi connectivity index (χ0v) is 30.8. The Hall–Kier alpha value is -3.49. The van der Waals surface area contributed by atoms with Gasteiger partial charge in [0, 0.05) is 83.2 Å². The molecular formula is C33H56N4O14S. The summed E-state index contributed by atoms with van der Waals surface area (Å²) in [6.07, 6.45) is 0.334. The summed E-state index contributed by atoms with van der Waals surface area (Å²) < 4.78 is 21.6. The maximum Gasteiger partial charge on any atom is 0.317 e. The number of hydrogen-bond acceptors (Lipinski definition) is 14. The second-order valence-corrected chi connectivity index (χ2v) is 12.6. The maximum absolute atomic E-state index is 12.4. The first-order valence-corrected chi connectivity index (χ1v) is 18.3. The highest BCUT2D eigenvalue weighted by Gasteiger charge is 2.26. The number of amides is 4. The van der Waals surface area contributed by atoms with E-state index in [9.17, 15) is 43.5 Å². The molecule has 2 atom stereocenters. The Morgan fingerprint density at radius 3 is 1.69 bits per heavy atom. The van der Waals surface area contributed by atoms with E-state index in [4.69, 9.17) is 29.8 Å². The van der Waals surface area contributed by atoms with Crippen molar-refractivity contribution < 1.29 is 67.5 Å². The standard InChI is InChI=1S/C33H56N4O14S/c1-2-25(39)3-4-26(40)5-6-29(42)37-11-14-49-16-18-51-20-19-50-17-15-48-13-8-27(41)21-24(32(34)45)23-52-28(33(46)47)22-31(44)35-9-7-30(43)36-10-12-38/h24,28,38H,2-23H2,1H3,(H2,34,45)(H,35,44)(H,36,43)(H,37,42)(H,46,47). The van der Waals surface area contributed by atoms with Gasteiger partial charge in [0.15, 0.2) is 0 Å². The molecule has 0 saturated carbocycles. The fourth-order valence-corrected chi connectivity index (χ4v) is 5.20. The van der Waals surface area contributed by atoms with Crippen LogP contribution in [0, 0.1) is 5.92 Å². The van der Waals surface area contributed by atoms with Crippen molar-refractivity contribution in [2.24, 2.45) is 11.7 Å². The summed E-state index contributed by atoms with van der Waals surface area (Å²) in [6, 6.07) is 0. The van der Waals surface area contributed by atoms with Crippen molar-refractivity contribution >= 4 is 58.7 Å². The topological polar surface area (TPSA) is 276 Å². The van der Waals surface area contributed by atoms with E-state index >= 15 is 0 Å². The molecule has 4 amide bonds. The van der Waals surface area contributed by atoms with Crippen molar-refractivity contribution in [3.05, 3.63) is 0 Å². The SMILES string of the molecule is CCC(=O)CCC(=O)CCC(=O)NCCOCCOCCOCCOCCC(=O)CC(CSC(CC(=O)NCCC(=O)NCCO)C(=O)O)C(N)=O. The minimum Gasteiger partial charge on any atom is -0.480 e. The lowest BCUT2D eigenvalue weighted by molar-refractivity contribution is -0.138. The molecule has 0 aliphatic rings. The van der Waals surface area contributed by atoms with Crippen molar-refractivity contribution in [2.75, 3.05) is 84.8 Å². The Labute approximate surface area is 308 Å². The van der Waals surface area contributed by atoms with Gasteiger partial charge in [-0.1, -0.05) is 6.92 Å². The van der Waals surface area contributed by atoms with E-state index in [2.05, 4.69) is 16.0 Å². The van der Waals surface area contributed by atoms with E-state index in [-0.39, 0.29) is 126 Å². The molecule has 0 aromatic rings. The first kappa shape index (κ1) is 48.5. The average Bonchev–Trinajstić information content (AvgIpc) is 3.11. The third kappa shape index (κ3) is 29.1. The average molecular weight is 765 g/mol. The molecule has 0 aromatic carbocycles. The van der Waals surface area contributed by atoms with E-state index in [1.165, 1.54) is 0 Å². The normalized spacial score (nSPS) is 12.0. The molecule has 2 unspecified atom stereocenters. The fraction of sp³-hybridized carbons (Fsp3) is 0.758. The number of hydrogen-bond donors (Lipinski definition) is 6. The fourth-order valence-electron chi connectivity index (χ4n) is 4.04. The zero-order chi connectivity index (χ0) is 39.0. The molecule has 0 radical (unpaired) electrons. The number of aliphatic hydroxyl groups excluding tert-OH is 1. The van der Waals surface area contributed by atoms with E-state index in [0.717, 1.165) is 11.8 Å². The first-order valence-electron chi connectivity index (χ1n) is 17.3. The molecule has 18 nitrogen and oxygen atoms in total. The van der Waals surface area contributed by atoms with Crippen LogP contribution < -0.4 is 21.7 Å². The van der Waals surface area contributed by atoms with Crippen molar-refractivity contribution in [2.45, 2.75) is 70.0 Å². The molecule has 0 bridgehead atoms. The predicted molar refractivity (Wildman–Crippen MR) is 188 cm³/mol. The number of ether oxygens (including phenoxy) is 4. The van der Waals surface area contributed by atoms with Crippen molar-refractivity contribution in [1.29, 1.82) is 0 Å². The summed E-state index contributed by atoms with van der Waals surface area (Å²) in [5, 5.41) is 24.5. The van der Waals surface area contributed by atoms with Gasteiger partial charge in [0.05, 0.1) is 65.4 Å². The van der Waals surface area contributed by atoms with Crippen LogP contribution in [0.25, 0.3) is 0 Å². The van der Waals surface area contributed by atoms with E-state index in [1.54, 1.807) is 6.92 Å². The van der Waals surface area contributed by atoms with Crippen LogP contribution in [-0.2, 0) is 57.3 Å². The zero-order valence-electron chi connectivity index (χ0n) is 30.0. The molecular weight excluding hydrogens is 708 g/mol. The van der Waals surface area contributed by atoms with Gasteiger partial charge in [0.25, 0.3) is 0 Å². The second kappa shape index (κ2) is 32.2. The number of carbonyl (C=O) groups is 8. The molecule has 0 aliphatic heterocycles. The lowest BCUT2D eigenvalue weighted by Crippen LogP contribution is -2.35. The smallest absolute Gasteiger partial charge is 0.317 e. The van der Waals surface area contributed by atoms with Gasteiger partial charge in [-0.3, -0.25) is 38.4 Å². The highest BCUT2D eigenvalue weighted by molar-refractivity contribution is 8.00. The Balaban J connectivity index is 3.91. The molecule has 0 rings (SSSR count). The molecule has 298 valence electrons. The summed E-state index contributed by atoms with van der Waals surface area (Å²) in [5.74, 6) is -4.66. The molecule has 0 spiro atoms. The van der Waals surface area contributed by atoms with Crippen LogP contribution in [0.5, 0.6) is 0 Å². The van der Waals surface area contributed by atoms with Crippen LogP contribution >= 0.6 is 11.8 Å². The molecule has 0 heterocycles. The van der Waals surface area contributed by atoms with Crippen LogP contribution in [0.1, 0.15) is 64.7 Å². The molecule has 19 heteroatoms. The Bertz CT molecular complexity index is 1110. The Morgan fingerprint density at radius 1 is 0.596 bits per heavy atom. The molecule has 0 aromatic heterocycles. The van der Waals surface area contributed by atoms with Gasteiger partial charge in [0.2, 0.25) is 23.6 Å². The second-order valence-electron chi connectivity index (χ2n) is 11.4. The minimum atomic E-state index is -1.27. The monoisotopic (exact) mass is 764 g/mol. The third-order valence-corrected chi connectivity index (χ3v) is 8.41. The minimum absolute atomic E-state index is 0.0137. The van der Waals surface area contributed by atoms with Gasteiger partial charge in [-0.15, -0.1) is 11.8 Å². The van der Waals surface area contributed by atoms with E-state index in [1.807, 2.05) is 0 Å². The van der Waals surface area contributed by atoms with Gasteiger partial charge in [-0.05, 0) is 0 Å². The summed E-state index contributed by atoms with van der Waals surface area (Å²) >= 11 is 0.826. The third-order valence-electron chi connectivity index (χ3n) is 7.05.